The van der Waals surface area contributed by atoms with E-state index in [9.17, 15) is 0 Å². The first kappa shape index (κ1) is 11.7. The molecule has 1 spiro atoms. The van der Waals surface area contributed by atoms with E-state index >= 15 is 0 Å². The predicted octanol–water partition coefficient (Wildman–Crippen LogP) is 2.88. The van der Waals surface area contributed by atoms with E-state index in [1.54, 1.807) is 0 Å². The van der Waals surface area contributed by atoms with Crippen LogP contribution in [-0.2, 0) is 9.47 Å². The van der Waals surface area contributed by atoms with Gasteiger partial charge < -0.3 is 14.7 Å². The minimum atomic E-state index is -0.784. The van der Waals surface area contributed by atoms with Crippen molar-refractivity contribution in [1.82, 2.24) is 0 Å². The first-order valence-corrected chi connectivity index (χ1v) is 6.42. The van der Waals surface area contributed by atoms with Crippen LogP contribution in [0, 0.1) is 0 Å². The summed E-state index contributed by atoms with van der Waals surface area (Å²) in [7, 11) is 0. The highest BCUT2D eigenvalue weighted by Crippen LogP contribution is 2.41. The van der Waals surface area contributed by atoms with Gasteiger partial charge in [-0.3, -0.25) is 0 Å². The number of ether oxygens (including phenoxy) is 2. The lowest BCUT2D eigenvalue weighted by Gasteiger charge is -2.32. The van der Waals surface area contributed by atoms with Crippen LogP contribution in [0.1, 0.15) is 37.4 Å². The van der Waals surface area contributed by atoms with E-state index in [-0.39, 0.29) is 6.10 Å². The van der Waals surface area contributed by atoms with Gasteiger partial charge in [-0.1, -0.05) is 35.5 Å². The molecule has 2 fully saturated rings. The molecule has 2 unspecified atom stereocenters. The molecule has 18 heavy (non-hydrogen) atoms. The Morgan fingerprint density at radius 2 is 2.06 bits per heavy atom. The molecule has 1 aliphatic carbocycles. The monoisotopic (exact) mass is 247 g/mol. The van der Waals surface area contributed by atoms with E-state index in [1.165, 1.54) is 0 Å². The van der Waals surface area contributed by atoms with E-state index in [0.717, 1.165) is 31.2 Å². The van der Waals surface area contributed by atoms with Crippen LogP contribution in [-0.4, -0.2) is 23.3 Å². The smallest absolute Gasteiger partial charge is 0.212 e. The Hall–Kier alpha value is -1.39. The zero-order valence-electron chi connectivity index (χ0n) is 10.2. The molecule has 1 saturated carbocycles. The van der Waals surface area contributed by atoms with Crippen molar-refractivity contribution in [2.24, 2.45) is 5.16 Å². The summed E-state index contributed by atoms with van der Waals surface area (Å²) < 4.78 is 11.9. The van der Waals surface area contributed by atoms with Crippen molar-refractivity contribution in [2.75, 3.05) is 6.61 Å². The van der Waals surface area contributed by atoms with Crippen LogP contribution in [0.3, 0.4) is 0 Å². The molecule has 4 heteroatoms. The molecule has 1 aromatic carbocycles. The Morgan fingerprint density at radius 1 is 1.22 bits per heavy atom. The largest absolute Gasteiger partial charge is 0.411 e. The van der Waals surface area contributed by atoms with Gasteiger partial charge in [0.25, 0.3) is 0 Å². The molecule has 1 aromatic rings. The molecule has 1 heterocycles. The van der Waals surface area contributed by atoms with Gasteiger partial charge in [0.05, 0.1) is 6.61 Å². The Labute approximate surface area is 106 Å². The molecule has 0 bridgehead atoms. The summed E-state index contributed by atoms with van der Waals surface area (Å²) in [5.41, 5.74) is 1.74. The predicted molar refractivity (Wildman–Crippen MR) is 66.6 cm³/mol. The summed E-state index contributed by atoms with van der Waals surface area (Å²) in [4.78, 5) is 0. The molecule has 0 amide bonds. The van der Waals surface area contributed by atoms with Gasteiger partial charge in [-0.2, -0.15) is 0 Å². The standard InChI is InChI=1S/C14H17NO3/c16-15-13-8-4-5-9-14(13)17-10-12(18-14)11-6-2-1-3-7-11/h1-3,6-7,12,16H,4-5,8-10H2. The van der Waals surface area contributed by atoms with Crippen LogP contribution in [0.25, 0.3) is 0 Å². The maximum atomic E-state index is 9.10. The van der Waals surface area contributed by atoms with Gasteiger partial charge in [0.15, 0.2) is 0 Å². The normalized spacial score (nSPS) is 34.2. The van der Waals surface area contributed by atoms with Gasteiger partial charge in [-0.15, -0.1) is 0 Å². The highest BCUT2D eigenvalue weighted by Gasteiger charge is 2.47. The molecule has 2 atom stereocenters. The van der Waals surface area contributed by atoms with Crippen LogP contribution in [0.15, 0.2) is 35.5 Å². The van der Waals surface area contributed by atoms with Crippen molar-refractivity contribution in [3.63, 3.8) is 0 Å². The Kier molecular flexibility index (Phi) is 3.06. The van der Waals surface area contributed by atoms with Crippen LogP contribution >= 0.6 is 0 Å². The summed E-state index contributed by atoms with van der Waals surface area (Å²) in [6.45, 7) is 0.517. The maximum Gasteiger partial charge on any atom is 0.212 e. The number of oxime groups is 1. The first-order valence-electron chi connectivity index (χ1n) is 6.42. The molecule has 4 nitrogen and oxygen atoms in total. The third kappa shape index (κ3) is 1.91. The lowest BCUT2D eigenvalue weighted by atomic mass is 9.92. The third-order valence-electron chi connectivity index (χ3n) is 3.70. The molecule has 3 rings (SSSR count). The first-order chi connectivity index (χ1) is 8.84. The van der Waals surface area contributed by atoms with Gasteiger partial charge in [-0.05, 0) is 24.8 Å². The van der Waals surface area contributed by atoms with Crippen molar-refractivity contribution in [3.8, 4) is 0 Å². The maximum absolute atomic E-state index is 9.10. The number of nitrogens with zero attached hydrogens (tertiary/aromatic N) is 1. The van der Waals surface area contributed by atoms with Crippen LogP contribution in [0.5, 0.6) is 0 Å². The van der Waals surface area contributed by atoms with E-state index < -0.39 is 5.79 Å². The summed E-state index contributed by atoms with van der Waals surface area (Å²) in [5, 5.41) is 12.5. The molecule has 1 saturated heterocycles. The van der Waals surface area contributed by atoms with Crippen molar-refractivity contribution < 1.29 is 14.7 Å². The fraction of sp³-hybridized carbons (Fsp3) is 0.500. The van der Waals surface area contributed by atoms with E-state index in [0.29, 0.717) is 12.3 Å². The molecule has 0 aromatic heterocycles. The second-order valence-electron chi connectivity index (χ2n) is 4.83. The lowest BCUT2D eigenvalue weighted by molar-refractivity contribution is -0.125. The second kappa shape index (κ2) is 4.71. The molecular weight excluding hydrogens is 230 g/mol. The molecule has 1 aliphatic heterocycles. The zero-order chi connectivity index (χ0) is 12.4. The van der Waals surface area contributed by atoms with Gasteiger partial charge >= 0.3 is 0 Å². The van der Waals surface area contributed by atoms with Gasteiger partial charge in [0.1, 0.15) is 11.8 Å². The molecule has 2 aliphatic rings. The van der Waals surface area contributed by atoms with E-state index in [1.807, 2.05) is 30.3 Å². The lowest BCUT2D eigenvalue weighted by Crippen LogP contribution is -2.42. The quantitative estimate of drug-likeness (QED) is 0.613. The van der Waals surface area contributed by atoms with Crippen LogP contribution in [0.2, 0.25) is 0 Å². The van der Waals surface area contributed by atoms with Gasteiger partial charge in [0.2, 0.25) is 5.79 Å². The Bertz CT molecular complexity index is 446. The third-order valence-corrected chi connectivity index (χ3v) is 3.70. The average Bonchev–Trinajstić information content (AvgIpc) is 2.85. The summed E-state index contributed by atoms with van der Waals surface area (Å²) in [5.74, 6) is -0.784. The van der Waals surface area contributed by atoms with E-state index in [2.05, 4.69) is 5.16 Å². The number of benzene rings is 1. The number of hydrogen-bond donors (Lipinski definition) is 1. The average molecular weight is 247 g/mol. The van der Waals surface area contributed by atoms with Gasteiger partial charge in [0, 0.05) is 6.42 Å². The van der Waals surface area contributed by atoms with Crippen LogP contribution in [0.4, 0.5) is 0 Å². The molecule has 0 radical (unpaired) electrons. The molecular formula is C14H17NO3. The minimum Gasteiger partial charge on any atom is -0.411 e. The van der Waals surface area contributed by atoms with Crippen molar-refractivity contribution >= 4 is 5.71 Å². The van der Waals surface area contributed by atoms with E-state index in [4.69, 9.17) is 14.7 Å². The van der Waals surface area contributed by atoms with Crippen molar-refractivity contribution in [2.45, 2.75) is 37.6 Å². The Balaban J connectivity index is 1.82. The zero-order valence-corrected chi connectivity index (χ0v) is 10.2. The molecule has 96 valence electrons. The summed E-state index contributed by atoms with van der Waals surface area (Å²) >= 11 is 0. The SMILES string of the molecule is ON=C1CCCCC12OCC(c1ccccc1)O2. The minimum absolute atomic E-state index is 0.0685. The summed E-state index contributed by atoms with van der Waals surface area (Å²) in [6.07, 6.45) is 3.53. The highest BCUT2D eigenvalue weighted by atomic mass is 16.7. The Morgan fingerprint density at radius 3 is 2.83 bits per heavy atom. The number of rotatable bonds is 1. The molecule has 1 N–H and O–H groups in total. The second-order valence-corrected chi connectivity index (χ2v) is 4.83. The van der Waals surface area contributed by atoms with Gasteiger partial charge in [-0.25, -0.2) is 0 Å². The fourth-order valence-electron chi connectivity index (χ4n) is 2.73. The summed E-state index contributed by atoms with van der Waals surface area (Å²) in [6, 6.07) is 10.0. The van der Waals surface area contributed by atoms with Crippen LogP contribution < -0.4 is 0 Å². The topological polar surface area (TPSA) is 51.1 Å². The fourth-order valence-corrected chi connectivity index (χ4v) is 2.73. The van der Waals surface area contributed by atoms with Crippen molar-refractivity contribution in [1.29, 1.82) is 0 Å². The number of hydrogen-bond acceptors (Lipinski definition) is 4. The van der Waals surface area contributed by atoms with Crippen molar-refractivity contribution in [3.05, 3.63) is 35.9 Å². The highest BCUT2D eigenvalue weighted by molar-refractivity contribution is 5.91.